The summed E-state index contributed by atoms with van der Waals surface area (Å²) in [6.45, 7) is 0. The Bertz CT molecular complexity index is 532. The number of rotatable bonds is 0. The topological polar surface area (TPSA) is 70.4 Å². The molecule has 3 nitrogen and oxygen atoms in total. The van der Waals surface area contributed by atoms with Gasteiger partial charge in [0.15, 0.2) is 0 Å². The highest BCUT2D eigenvalue weighted by atomic mass is 79.9. The molecule has 0 radical (unpaired) electrons. The second kappa shape index (κ2) is 7.07. The van der Waals surface area contributed by atoms with Crippen molar-refractivity contribution in [2.24, 2.45) is 0 Å². The molecule has 0 fully saturated rings. The van der Waals surface area contributed by atoms with Gasteiger partial charge in [0.05, 0.1) is 5.52 Å². The summed E-state index contributed by atoms with van der Waals surface area (Å²) in [6, 6.07) is 8.15. The van der Waals surface area contributed by atoms with E-state index in [4.69, 9.17) is 10.7 Å². The van der Waals surface area contributed by atoms with E-state index in [-0.39, 0.29) is 39.4 Å². The number of pyridine rings is 1. The van der Waals surface area contributed by atoms with E-state index in [1.54, 1.807) is 0 Å². The lowest BCUT2D eigenvalue weighted by Gasteiger charge is -2.18. The van der Waals surface area contributed by atoms with Crippen LogP contribution in [0.2, 0.25) is 0 Å². The highest BCUT2D eigenvalue weighted by Gasteiger charge is 2.15. The fraction of sp³-hybridized carbons (Fsp3) is 0.308. The largest absolute Gasteiger partial charge is 0.412 e. The van der Waals surface area contributed by atoms with Gasteiger partial charge < -0.3 is 11.2 Å². The van der Waals surface area contributed by atoms with E-state index in [0.29, 0.717) is 0 Å². The number of nitrogens with two attached hydrogens (primary N) is 1. The number of aromatic nitrogens is 1. The quantitative estimate of drug-likeness (QED) is 0.766. The molecule has 0 atom stereocenters. The summed E-state index contributed by atoms with van der Waals surface area (Å²) in [5, 5.41) is 1.11. The third-order valence-corrected chi connectivity index (χ3v) is 3.21. The lowest BCUT2D eigenvalue weighted by Crippen LogP contribution is -2.09. The molecule has 100 valence electrons. The molecule has 0 bridgehead atoms. The molecular weight excluding hydrogens is 360 g/mol. The third kappa shape index (κ3) is 2.84. The lowest BCUT2D eigenvalue weighted by molar-refractivity contribution is 0.673. The van der Waals surface area contributed by atoms with Gasteiger partial charge in [0.2, 0.25) is 0 Å². The molecule has 1 aliphatic rings. The molecule has 3 rings (SSSR count). The van der Waals surface area contributed by atoms with Gasteiger partial charge in [-0.25, -0.2) is 0 Å². The maximum Gasteiger partial charge on any atom is 0.0726 e. The van der Waals surface area contributed by atoms with Crippen molar-refractivity contribution >= 4 is 50.6 Å². The van der Waals surface area contributed by atoms with Crippen molar-refractivity contribution in [3.05, 3.63) is 35.5 Å². The minimum absolute atomic E-state index is 0. The zero-order chi connectivity index (χ0) is 10.3. The molecule has 1 aromatic carbocycles. The van der Waals surface area contributed by atoms with Crippen molar-refractivity contribution in [2.75, 3.05) is 5.73 Å². The molecule has 18 heavy (non-hydrogen) atoms. The summed E-state index contributed by atoms with van der Waals surface area (Å²) in [4.78, 5) is 4.70. The Morgan fingerprint density at radius 1 is 1.00 bits per heavy atom. The van der Waals surface area contributed by atoms with Crippen LogP contribution in [0, 0.1) is 0 Å². The van der Waals surface area contributed by atoms with Gasteiger partial charge in [0.25, 0.3) is 0 Å². The van der Waals surface area contributed by atoms with E-state index in [1.165, 1.54) is 24.1 Å². The SMILES string of the molecule is Br.Br.Nc1c2c(nc3ccccc13)CCCC2.O. The average Bonchev–Trinajstić information content (AvgIpc) is 2.30. The number of nitrogens with zero attached hydrogens (tertiary/aromatic N) is 1. The fourth-order valence-electron chi connectivity index (χ4n) is 2.41. The Labute approximate surface area is 128 Å². The lowest BCUT2D eigenvalue weighted by atomic mass is 9.93. The minimum Gasteiger partial charge on any atom is -0.412 e. The minimum atomic E-state index is 0. The molecule has 0 saturated heterocycles. The molecule has 2 aromatic rings. The maximum absolute atomic E-state index is 6.20. The molecule has 5 heteroatoms. The Kier molecular flexibility index (Phi) is 6.81. The van der Waals surface area contributed by atoms with Crippen molar-refractivity contribution in [1.29, 1.82) is 0 Å². The Balaban J connectivity index is 0.000000963. The van der Waals surface area contributed by atoms with Crippen molar-refractivity contribution in [2.45, 2.75) is 25.7 Å². The molecule has 1 aromatic heterocycles. The number of hydrogen-bond donors (Lipinski definition) is 1. The Hall–Kier alpha value is -0.650. The van der Waals surface area contributed by atoms with Crippen LogP contribution in [-0.4, -0.2) is 10.5 Å². The number of nitrogen functional groups attached to an aromatic ring is 1. The van der Waals surface area contributed by atoms with Gasteiger partial charge in [-0.15, -0.1) is 34.0 Å². The van der Waals surface area contributed by atoms with E-state index in [0.717, 1.165) is 29.4 Å². The van der Waals surface area contributed by atoms with Crippen LogP contribution in [0.25, 0.3) is 10.9 Å². The molecule has 0 amide bonds. The molecule has 0 unspecified atom stereocenters. The highest BCUT2D eigenvalue weighted by molar-refractivity contribution is 8.93. The zero-order valence-corrected chi connectivity index (χ0v) is 13.4. The predicted molar refractivity (Wildman–Crippen MR) is 87.1 cm³/mol. The molecule has 0 aliphatic heterocycles. The summed E-state index contributed by atoms with van der Waals surface area (Å²) in [6.07, 6.45) is 4.68. The maximum atomic E-state index is 6.20. The normalized spacial score (nSPS) is 12.7. The molecule has 0 spiro atoms. The first kappa shape index (κ1) is 17.4. The summed E-state index contributed by atoms with van der Waals surface area (Å²) < 4.78 is 0. The highest BCUT2D eigenvalue weighted by Crippen LogP contribution is 2.30. The van der Waals surface area contributed by atoms with Crippen molar-refractivity contribution in [3.8, 4) is 0 Å². The Morgan fingerprint density at radius 2 is 1.67 bits per heavy atom. The van der Waals surface area contributed by atoms with Gasteiger partial charge >= 0.3 is 0 Å². The number of fused-ring (bicyclic) bond motifs is 2. The van der Waals surface area contributed by atoms with Gasteiger partial charge in [-0.2, -0.15) is 0 Å². The molecule has 4 N–H and O–H groups in total. The van der Waals surface area contributed by atoms with Gasteiger partial charge in [0.1, 0.15) is 0 Å². The zero-order valence-electron chi connectivity index (χ0n) is 9.98. The van der Waals surface area contributed by atoms with Crippen LogP contribution in [0.5, 0.6) is 0 Å². The molecule has 0 saturated carbocycles. The van der Waals surface area contributed by atoms with Crippen molar-refractivity contribution in [3.63, 3.8) is 0 Å². The van der Waals surface area contributed by atoms with E-state index in [2.05, 4.69) is 6.07 Å². The number of benzene rings is 1. The van der Waals surface area contributed by atoms with E-state index < -0.39 is 0 Å². The first-order valence-corrected chi connectivity index (χ1v) is 5.52. The number of hydrogen-bond acceptors (Lipinski definition) is 2. The van der Waals surface area contributed by atoms with Crippen molar-refractivity contribution in [1.82, 2.24) is 4.98 Å². The number of anilines is 1. The smallest absolute Gasteiger partial charge is 0.0726 e. The average molecular weight is 378 g/mol. The van der Waals surface area contributed by atoms with Crippen LogP contribution >= 0.6 is 34.0 Å². The van der Waals surface area contributed by atoms with Gasteiger partial charge in [-0.3, -0.25) is 4.98 Å². The van der Waals surface area contributed by atoms with Crippen LogP contribution in [-0.2, 0) is 12.8 Å². The van der Waals surface area contributed by atoms with Gasteiger partial charge in [-0.05, 0) is 37.3 Å². The fourth-order valence-corrected chi connectivity index (χ4v) is 2.41. The number of aryl methyl sites for hydroxylation is 1. The molecule has 1 aliphatic carbocycles. The first-order chi connectivity index (χ1) is 7.36. The van der Waals surface area contributed by atoms with Crippen LogP contribution in [0.1, 0.15) is 24.1 Å². The van der Waals surface area contributed by atoms with Gasteiger partial charge in [0, 0.05) is 16.8 Å². The van der Waals surface area contributed by atoms with Crippen LogP contribution in [0.4, 0.5) is 5.69 Å². The summed E-state index contributed by atoms with van der Waals surface area (Å²) in [5.41, 5.74) is 10.7. The predicted octanol–water partition coefficient (Wildman–Crippen LogP) is 3.03. The molecular formula is C13H18Br2N2O. The number of halogens is 2. The number of para-hydroxylation sites is 1. The van der Waals surface area contributed by atoms with Crippen LogP contribution in [0.15, 0.2) is 24.3 Å². The summed E-state index contributed by atoms with van der Waals surface area (Å²) >= 11 is 0. The molecule has 1 heterocycles. The Morgan fingerprint density at radius 3 is 2.44 bits per heavy atom. The standard InChI is InChI=1S/C13H14N2.2BrH.H2O/c14-13-9-5-1-3-7-11(9)15-12-8-4-2-6-10(12)13;;;/h1,3,5,7H,2,4,6,8H2,(H2,14,15);2*1H;1H2. The van der Waals surface area contributed by atoms with E-state index >= 15 is 0 Å². The van der Waals surface area contributed by atoms with Gasteiger partial charge in [-0.1, -0.05) is 18.2 Å². The van der Waals surface area contributed by atoms with Crippen LogP contribution < -0.4 is 5.73 Å². The summed E-state index contributed by atoms with van der Waals surface area (Å²) in [7, 11) is 0. The summed E-state index contributed by atoms with van der Waals surface area (Å²) in [5.74, 6) is 0. The monoisotopic (exact) mass is 376 g/mol. The van der Waals surface area contributed by atoms with E-state index in [9.17, 15) is 0 Å². The second-order valence-corrected chi connectivity index (χ2v) is 4.17. The van der Waals surface area contributed by atoms with E-state index in [1.807, 2.05) is 18.2 Å². The van der Waals surface area contributed by atoms with Crippen molar-refractivity contribution < 1.29 is 5.48 Å². The first-order valence-electron chi connectivity index (χ1n) is 5.52. The third-order valence-electron chi connectivity index (χ3n) is 3.21. The van der Waals surface area contributed by atoms with Crippen LogP contribution in [0.3, 0.4) is 0 Å². The second-order valence-electron chi connectivity index (χ2n) is 4.17.